The van der Waals surface area contributed by atoms with Crippen molar-refractivity contribution < 1.29 is 4.74 Å². The summed E-state index contributed by atoms with van der Waals surface area (Å²) in [4.78, 5) is 9.67. The Morgan fingerprint density at radius 3 is 2.79 bits per heavy atom. The van der Waals surface area contributed by atoms with Gasteiger partial charge in [-0.2, -0.15) is 10.2 Å². The minimum atomic E-state index is 0.384. The van der Waals surface area contributed by atoms with Crippen molar-refractivity contribution in [3.8, 4) is 5.82 Å². The Morgan fingerprint density at radius 1 is 1.29 bits per heavy atom. The molecule has 6 nitrogen and oxygen atoms in total. The molecular weight excluding hydrogens is 182 g/mol. The Hall–Kier alpha value is -1.82. The standard InChI is InChI=1S/C8H9N5O/c1-14-6-7-9-3-2-8(12-7)13-10-4-5-11-13/h2-5H,6H2,1H3. The van der Waals surface area contributed by atoms with Gasteiger partial charge in [-0.3, -0.25) is 0 Å². The van der Waals surface area contributed by atoms with E-state index in [0.29, 0.717) is 18.2 Å². The van der Waals surface area contributed by atoms with Crippen molar-refractivity contribution in [3.63, 3.8) is 0 Å². The van der Waals surface area contributed by atoms with Gasteiger partial charge < -0.3 is 4.74 Å². The van der Waals surface area contributed by atoms with E-state index in [1.807, 2.05) is 0 Å². The molecule has 2 aromatic rings. The maximum atomic E-state index is 4.93. The molecule has 0 N–H and O–H groups in total. The first-order valence-electron chi connectivity index (χ1n) is 4.07. The van der Waals surface area contributed by atoms with Crippen LogP contribution in [0.1, 0.15) is 5.82 Å². The SMILES string of the molecule is COCc1nccc(-n2nccn2)n1. The predicted octanol–water partition coefficient (Wildman–Crippen LogP) is 0.204. The van der Waals surface area contributed by atoms with E-state index in [2.05, 4.69) is 20.2 Å². The van der Waals surface area contributed by atoms with Crippen molar-refractivity contribution in [2.45, 2.75) is 6.61 Å². The Balaban J connectivity index is 2.31. The molecule has 0 amide bonds. The highest BCUT2D eigenvalue weighted by molar-refractivity contribution is 5.16. The molecule has 0 saturated heterocycles. The first-order chi connectivity index (χ1) is 6.90. The molecule has 2 rings (SSSR count). The van der Waals surface area contributed by atoms with E-state index in [1.54, 1.807) is 31.8 Å². The molecule has 0 spiro atoms. The second-order valence-corrected chi connectivity index (χ2v) is 2.58. The van der Waals surface area contributed by atoms with Crippen LogP contribution in [0.5, 0.6) is 0 Å². The van der Waals surface area contributed by atoms with Crippen LogP contribution < -0.4 is 0 Å². The average Bonchev–Trinajstić information content (AvgIpc) is 2.71. The summed E-state index contributed by atoms with van der Waals surface area (Å²) in [6.07, 6.45) is 4.84. The zero-order valence-electron chi connectivity index (χ0n) is 7.66. The molecule has 0 radical (unpaired) electrons. The first kappa shape index (κ1) is 8.76. The van der Waals surface area contributed by atoms with Crippen LogP contribution in [0.2, 0.25) is 0 Å². The lowest BCUT2D eigenvalue weighted by Gasteiger charge is -2.00. The number of hydrogen-bond donors (Lipinski definition) is 0. The Labute approximate surface area is 80.6 Å². The van der Waals surface area contributed by atoms with Gasteiger partial charge in [-0.1, -0.05) is 0 Å². The maximum absolute atomic E-state index is 4.93. The summed E-state index contributed by atoms with van der Waals surface area (Å²) in [5.41, 5.74) is 0. The van der Waals surface area contributed by atoms with Crippen molar-refractivity contribution in [3.05, 3.63) is 30.5 Å². The van der Waals surface area contributed by atoms with Crippen LogP contribution in [0.25, 0.3) is 5.82 Å². The number of methoxy groups -OCH3 is 1. The largest absolute Gasteiger partial charge is 0.377 e. The fourth-order valence-electron chi connectivity index (χ4n) is 1.03. The predicted molar refractivity (Wildman–Crippen MR) is 47.7 cm³/mol. The Morgan fingerprint density at radius 2 is 2.07 bits per heavy atom. The molecule has 2 aromatic heterocycles. The van der Waals surface area contributed by atoms with Crippen molar-refractivity contribution >= 4 is 0 Å². The fraction of sp³-hybridized carbons (Fsp3) is 0.250. The lowest BCUT2D eigenvalue weighted by atomic mass is 10.5. The molecule has 0 bridgehead atoms. The molecule has 6 heteroatoms. The summed E-state index contributed by atoms with van der Waals surface area (Å²) in [6.45, 7) is 0.384. The van der Waals surface area contributed by atoms with E-state index in [9.17, 15) is 0 Å². The van der Waals surface area contributed by atoms with Gasteiger partial charge in [0.1, 0.15) is 6.61 Å². The van der Waals surface area contributed by atoms with Crippen molar-refractivity contribution in [2.75, 3.05) is 7.11 Å². The van der Waals surface area contributed by atoms with Crippen LogP contribution in [0.4, 0.5) is 0 Å². The van der Waals surface area contributed by atoms with Gasteiger partial charge in [0, 0.05) is 19.4 Å². The monoisotopic (exact) mass is 191 g/mol. The lowest BCUT2D eigenvalue weighted by Crippen LogP contribution is -2.05. The summed E-state index contributed by atoms with van der Waals surface area (Å²) in [5, 5.41) is 7.92. The summed E-state index contributed by atoms with van der Waals surface area (Å²) in [7, 11) is 1.60. The Kier molecular flexibility index (Phi) is 2.46. The molecule has 0 saturated carbocycles. The van der Waals surface area contributed by atoms with Crippen LogP contribution in [0, 0.1) is 0 Å². The van der Waals surface area contributed by atoms with E-state index in [-0.39, 0.29) is 0 Å². The second kappa shape index (κ2) is 3.93. The normalized spacial score (nSPS) is 10.4. The zero-order valence-corrected chi connectivity index (χ0v) is 7.66. The molecule has 0 aliphatic heterocycles. The number of nitrogens with zero attached hydrogens (tertiary/aromatic N) is 5. The van der Waals surface area contributed by atoms with Gasteiger partial charge in [0.15, 0.2) is 11.6 Å². The van der Waals surface area contributed by atoms with E-state index < -0.39 is 0 Å². The molecule has 72 valence electrons. The quantitative estimate of drug-likeness (QED) is 0.693. The number of hydrogen-bond acceptors (Lipinski definition) is 5. The third-order valence-electron chi connectivity index (χ3n) is 1.59. The summed E-state index contributed by atoms with van der Waals surface area (Å²) in [6, 6.07) is 1.74. The molecule has 2 heterocycles. The van der Waals surface area contributed by atoms with E-state index >= 15 is 0 Å². The molecule has 0 atom stereocenters. The number of rotatable bonds is 3. The average molecular weight is 191 g/mol. The molecule has 14 heavy (non-hydrogen) atoms. The van der Waals surface area contributed by atoms with Gasteiger partial charge in [0.05, 0.1) is 12.4 Å². The van der Waals surface area contributed by atoms with E-state index in [4.69, 9.17) is 4.74 Å². The van der Waals surface area contributed by atoms with Crippen molar-refractivity contribution in [1.82, 2.24) is 25.0 Å². The van der Waals surface area contributed by atoms with Crippen LogP contribution >= 0.6 is 0 Å². The van der Waals surface area contributed by atoms with Crippen LogP contribution in [-0.4, -0.2) is 32.1 Å². The molecular formula is C8H9N5O. The maximum Gasteiger partial charge on any atom is 0.177 e. The van der Waals surface area contributed by atoms with Crippen LogP contribution in [0.3, 0.4) is 0 Å². The Bertz CT molecular complexity index is 400. The smallest absolute Gasteiger partial charge is 0.177 e. The third-order valence-corrected chi connectivity index (χ3v) is 1.59. The zero-order chi connectivity index (χ0) is 9.80. The summed E-state index contributed by atoms with van der Waals surface area (Å²) < 4.78 is 4.93. The minimum Gasteiger partial charge on any atom is -0.377 e. The fourth-order valence-corrected chi connectivity index (χ4v) is 1.03. The van der Waals surface area contributed by atoms with Crippen molar-refractivity contribution in [1.29, 1.82) is 0 Å². The molecule has 0 aliphatic rings. The van der Waals surface area contributed by atoms with E-state index in [0.717, 1.165) is 0 Å². The van der Waals surface area contributed by atoms with Gasteiger partial charge in [-0.25, -0.2) is 9.97 Å². The summed E-state index contributed by atoms with van der Waals surface area (Å²) in [5.74, 6) is 1.25. The van der Waals surface area contributed by atoms with Gasteiger partial charge in [-0.05, 0) is 0 Å². The number of ether oxygens (including phenoxy) is 1. The molecule has 0 fully saturated rings. The molecule has 0 unspecified atom stereocenters. The van der Waals surface area contributed by atoms with Gasteiger partial charge in [0.25, 0.3) is 0 Å². The lowest BCUT2D eigenvalue weighted by molar-refractivity contribution is 0.177. The van der Waals surface area contributed by atoms with Gasteiger partial charge in [-0.15, -0.1) is 4.80 Å². The number of aromatic nitrogens is 5. The van der Waals surface area contributed by atoms with Crippen LogP contribution in [0.15, 0.2) is 24.7 Å². The highest BCUT2D eigenvalue weighted by Crippen LogP contribution is 2.00. The van der Waals surface area contributed by atoms with Gasteiger partial charge >= 0.3 is 0 Å². The van der Waals surface area contributed by atoms with Crippen molar-refractivity contribution in [2.24, 2.45) is 0 Å². The van der Waals surface area contributed by atoms with Crippen LogP contribution in [-0.2, 0) is 11.3 Å². The topological polar surface area (TPSA) is 65.7 Å². The van der Waals surface area contributed by atoms with Gasteiger partial charge in [0.2, 0.25) is 0 Å². The minimum absolute atomic E-state index is 0.384. The molecule has 0 aromatic carbocycles. The van der Waals surface area contributed by atoms with E-state index in [1.165, 1.54) is 4.80 Å². The highest BCUT2D eigenvalue weighted by Gasteiger charge is 2.01. The highest BCUT2D eigenvalue weighted by atomic mass is 16.5. The third kappa shape index (κ3) is 1.74. The molecule has 0 aliphatic carbocycles. The second-order valence-electron chi connectivity index (χ2n) is 2.58. The first-order valence-corrected chi connectivity index (χ1v) is 4.07. The summed E-state index contributed by atoms with van der Waals surface area (Å²) >= 11 is 0.